The average Bonchev–Trinajstić information content (AvgIpc) is 3.02. The highest BCUT2D eigenvalue weighted by atomic mass is 16.6. The molecule has 3 rings (SSSR count). The van der Waals surface area contributed by atoms with E-state index in [4.69, 9.17) is 4.74 Å². The predicted octanol–water partition coefficient (Wildman–Crippen LogP) is 3.66. The Hall–Kier alpha value is -2.96. The highest BCUT2D eigenvalue weighted by Gasteiger charge is 2.17. The van der Waals surface area contributed by atoms with E-state index in [1.165, 1.54) is 11.9 Å². The second kappa shape index (κ2) is 7.73. The Labute approximate surface area is 158 Å². The highest BCUT2D eigenvalue weighted by molar-refractivity contribution is 5.80. The van der Waals surface area contributed by atoms with Gasteiger partial charge in [-0.25, -0.2) is 19.4 Å². The first kappa shape index (κ1) is 18.8. The third-order valence-electron chi connectivity index (χ3n) is 4.05. The molecule has 1 N–H and O–H groups in total. The Morgan fingerprint density at radius 2 is 1.96 bits per heavy atom. The van der Waals surface area contributed by atoms with Gasteiger partial charge < -0.3 is 10.1 Å². The van der Waals surface area contributed by atoms with Crippen molar-refractivity contribution < 1.29 is 9.53 Å². The molecule has 0 saturated carbocycles. The summed E-state index contributed by atoms with van der Waals surface area (Å²) in [4.78, 5) is 19.9. The number of ether oxygens (including phenoxy) is 1. The smallest absolute Gasteiger partial charge is 0.407 e. The number of hydrogen-bond donors (Lipinski definition) is 1. The molecule has 142 valence electrons. The molecular formula is C20H25N5O2. The number of aryl methyl sites for hydroxylation is 1. The minimum atomic E-state index is -0.487. The van der Waals surface area contributed by atoms with Gasteiger partial charge in [0.25, 0.3) is 0 Å². The van der Waals surface area contributed by atoms with Gasteiger partial charge in [-0.1, -0.05) is 6.07 Å². The van der Waals surface area contributed by atoms with E-state index in [1.54, 1.807) is 12.4 Å². The van der Waals surface area contributed by atoms with Gasteiger partial charge in [-0.15, -0.1) is 0 Å². The Balaban J connectivity index is 1.62. The van der Waals surface area contributed by atoms with Crippen molar-refractivity contribution in [3.05, 3.63) is 48.7 Å². The lowest BCUT2D eigenvalue weighted by atomic mass is 10.0. The lowest BCUT2D eigenvalue weighted by Crippen LogP contribution is -2.37. The van der Waals surface area contributed by atoms with Crippen LogP contribution in [0.5, 0.6) is 0 Å². The second-order valence-corrected chi connectivity index (χ2v) is 7.63. The molecule has 27 heavy (non-hydrogen) atoms. The minimum Gasteiger partial charge on any atom is -0.444 e. The Morgan fingerprint density at radius 3 is 2.67 bits per heavy atom. The summed E-state index contributed by atoms with van der Waals surface area (Å²) in [7, 11) is 0. The standard InChI is InChI=1S/C20H25N5O2/c1-14(24-19(26)27-20(2,3)4)5-6-15-7-8-18-16(9-15)10-23-25(18)17-11-21-13-22-12-17/h7-14H,5-6H2,1-4H3,(H,24,26)/t14-/m0/s1. The van der Waals surface area contributed by atoms with Gasteiger partial charge in [0, 0.05) is 11.4 Å². The molecule has 1 amide bonds. The number of carbonyl (C=O) groups is 1. The van der Waals surface area contributed by atoms with Gasteiger partial charge in [0.2, 0.25) is 0 Å². The largest absolute Gasteiger partial charge is 0.444 e. The molecule has 7 nitrogen and oxygen atoms in total. The Bertz CT molecular complexity index is 915. The maximum atomic E-state index is 11.8. The molecule has 0 fully saturated rings. The van der Waals surface area contributed by atoms with Crippen LogP contribution in [0.3, 0.4) is 0 Å². The van der Waals surface area contributed by atoms with Gasteiger partial charge in [-0.05, 0) is 58.2 Å². The summed E-state index contributed by atoms with van der Waals surface area (Å²) < 4.78 is 7.12. The number of rotatable bonds is 5. The fourth-order valence-electron chi connectivity index (χ4n) is 2.81. The van der Waals surface area contributed by atoms with Crippen molar-refractivity contribution in [2.75, 3.05) is 0 Å². The number of carbonyl (C=O) groups excluding carboxylic acids is 1. The maximum Gasteiger partial charge on any atom is 0.407 e. The van der Waals surface area contributed by atoms with Gasteiger partial charge >= 0.3 is 6.09 Å². The normalized spacial score (nSPS) is 12.7. The Morgan fingerprint density at radius 1 is 1.22 bits per heavy atom. The molecular weight excluding hydrogens is 342 g/mol. The summed E-state index contributed by atoms with van der Waals surface area (Å²) in [5.41, 5.74) is 2.55. The molecule has 2 aromatic heterocycles. The van der Waals surface area contributed by atoms with Crippen LogP contribution in [0.25, 0.3) is 16.6 Å². The molecule has 0 aliphatic carbocycles. The van der Waals surface area contributed by atoms with Crippen molar-refractivity contribution in [2.45, 2.75) is 52.2 Å². The van der Waals surface area contributed by atoms with Crippen LogP contribution in [-0.2, 0) is 11.2 Å². The summed E-state index contributed by atoms with van der Waals surface area (Å²) in [5, 5.41) is 8.38. The zero-order chi connectivity index (χ0) is 19.4. The first-order valence-electron chi connectivity index (χ1n) is 9.03. The molecule has 0 spiro atoms. The van der Waals surface area contributed by atoms with E-state index in [0.717, 1.165) is 29.4 Å². The van der Waals surface area contributed by atoms with Gasteiger partial charge in [-0.3, -0.25) is 0 Å². The van der Waals surface area contributed by atoms with Crippen molar-refractivity contribution in [3.8, 4) is 5.69 Å². The van der Waals surface area contributed by atoms with E-state index in [0.29, 0.717) is 0 Å². The summed E-state index contributed by atoms with van der Waals surface area (Å²) in [5.74, 6) is 0. The number of hydrogen-bond acceptors (Lipinski definition) is 5. The van der Waals surface area contributed by atoms with E-state index in [-0.39, 0.29) is 12.1 Å². The lowest BCUT2D eigenvalue weighted by molar-refractivity contribution is 0.0506. The molecule has 1 atom stereocenters. The second-order valence-electron chi connectivity index (χ2n) is 7.63. The van der Waals surface area contributed by atoms with Crippen LogP contribution in [0.1, 0.15) is 39.7 Å². The van der Waals surface area contributed by atoms with Crippen LogP contribution in [0.4, 0.5) is 4.79 Å². The van der Waals surface area contributed by atoms with E-state index < -0.39 is 5.60 Å². The van der Waals surface area contributed by atoms with Gasteiger partial charge in [0.05, 0.1) is 24.1 Å². The van der Waals surface area contributed by atoms with Crippen molar-refractivity contribution in [1.82, 2.24) is 25.1 Å². The molecule has 0 saturated heterocycles. The number of nitrogens with one attached hydrogen (secondary N) is 1. The SMILES string of the molecule is C[C@@H](CCc1ccc2c(cnn2-c2cncnc2)c1)NC(=O)OC(C)(C)C. The summed E-state index contributed by atoms with van der Waals surface area (Å²) in [6, 6.07) is 6.30. The van der Waals surface area contributed by atoms with E-state index in [2.05, 4.69) is 38.6 Å². The van der Waals surface area contributed by atoms with Crippen LogP contribution in [-0.4, -0.2) is 37.5 Å². The monoisotopic (exact) mass is 367 g/mol. The molecule has 0 bridgehead atoms. The zero-order valence-corrected chi connectivity index (χ0v) is 16.1. The van der Waals surface area contributed by atoms with E-state index >= 15 is 0 Å². The van der Waals surface area contributed by atoms with Gasteiger partial charge in [-0.2, -0.15) is 5.10 Å². The topological polar surface area (TPSA) is 81.9 Å². The van der Waals surface area contributed by atoms with Crippen molar-refractivity contribution in [2.24, 2.45) is 0 Å². The van der Waals surface area contributed by atoms with Crippen molar-refractivity contribution in [3.63, 3.8) is 0 Å². The minimum absolute atomic E-state index is 0.0275. The molecule has 1 aromatic carbocycles. The molecule has 0 unspecified atom stereocenters. The predicted molar refractivity (Wildman–Crippen MR) is 104 cm³/mol. The van der Waals surface area contributed by atoms with E-state index in [1.807, 2.05) is 38.6 Å². The van der Waals surface area contributed by atoms with Crippen LogP contribution < -0.4 is 5.32 Å². The van der Waals surface area contributed by atoms with Crippen LogP contribution in [0, 0.1) is 0 Å². The number of aromatic nitrogens is 4. The fourth-order valence-corrected chi connectivity index (χ4v) is 2.81. The molecule has 2 heterocycles. The first-order chi connectivity index (χ1) is 12.8. The molecule has 0 aliphatic heterocycles. The van der Waals surface area contributed by atoms with Crippen LogP contribution in [0.2, 0.25) is 0 Å². The number of amides is 1. The highest BCUT2D eigenvalue weighted by Crippen LogP contribution is 2.20. The molecule has 0 radical (unpaired) electrons. The third-order valence-corrected chi connectivity index (χ3v) is 4.05. The summed E-state index contributed by atoms with van der Waals surface area (Å²) >= 11 is 0. The maximum absolute atomic E-state index is 11.8. The molecule has 0 aliphatic rings. The average molecular weight is 367 g/mol. The number of fused-ring (bicyclic) bond motifs is 1. The number of benzene rings is 1. The number of nitrogens with zero attached hydrogens (tertiary/aromatic N) is 4. The third kappa shape index (κ3) is 5.03. The van der Waals surface area contributed by atoms with E-state index in [9.17, 15) is 4.79 Å². The zero-order valence-electron chi connectivity index (χ0n) is 16.1. The van der Waals surface area contributed by atoms with Crippen molar-refractivity contribution >= 4 is 17.0 Å². The van der Waals surface area contributed by atoms with Crippen molar-refractivity contribution in [1.29, 1.82) is 0 Å². The first-order valence-corrected chi connectivity index (χ1v) is 9.03. The summed E-state index contributed by atoms with van der Waals surface area (Å²) in [6.07, 6.45) is 8.11. The molecule has 7 heteroatoms. The molecule has 3 aromatic rings. The number of alkyl carbamates (subject to hydrolysis) is 1. The Kier molecular flexibility index (Phi) is 5.39. The van der Waals surface area contributed by atoms with Gasteiger partial charge in [0.15, 0.2) is 0 Å². The quantitative estimate of drug-likeness (QED) is 0.744. The van der Waals surface area contributed by atoms with Crippen LogP contribution >= 0.6 is 0 Å². The lowest BCUT2D eigenvalue weighted by Gasteiger charge is -2.22. The van der Waals surface area contributed by atoms with Gasteiger partial charge in [0.1, 0.15) is 17.6 Å². The summed E-state index contributed by atoms with van der Waals surface area (Å²) in [6.45, 7) is 7.55. The fraction of sp³-hybridized carbons (Fsp3) is 0.400. The van der Waals surface area contributed by atoms with Crippen LogP contribution in [0.15, 0.2) is 43.1 Å².